The summed E-state index contributed by atoms with van der Waals surface area (Å²) in [5.74, 6) is -1.31. The van der Waals surface area contributed by atoms with Crippen molar-refractivity contribution in [2.75, 3.05) is 39.6 Å². The molecule has 0 aliphatic rings. The van der Waals surface area contributed by atoms with Crippen LogP contribution in [0.2, 0.25) is 0 Å². The van der Waals surface area contributed by atoms with Gasteiger partial charge in [0.15, 0.2) is 12.2 Å². The van der Waals surface area contributed by atoms with E-state index in [1.807, 2.05) is 0 Å². The molecule has 3 unspecified atom stereocenters. The van der Waals surface area contributed by atoms with Crippen LogP contribution in [0, 0.1) is 5.92 Å². The lowest BCUT2D eigenvalue weighted by atomic mass is 9.99. The van der Waals surface area contributed by atoms with Crippen molar-refractivity contribution in [2.24, 2.45) is 5.92 Å². The van der Waals surface area contributed by atoms with E-state index in [9.17, 15) is 43.2 Å². The minimum Gasteiger partial charge on any atom is -0.462 e. The molecule has 6 atom stereocenters. The second kappa shape index (κ2) is 63.5. The van der Waals surface area contributed by atoms with Crippen LogP contribution in [0.25, 0.3) is 0 Å². The van der Waals surface area contributed by atoms with E-state index in [0.717, 1.165) is 109 Å². The van der Waals surface area contributed by atoms with Crippen molar-refractivity contribution in [2.45, 2.75) is 380 Å². The Bertz CT molecular complexity index is 1720. The van der Waals surface area contributed by atoms with Crippen LogP contribution in [-0.4, -0.2) is 96.7 Å². The Morgan fingerprint density at radius 3 is 0.798 bits per heavy atom. The lowest BCUT2D eigenvalue weighted by Gasteiger charge is -2.21. The van der Waals surface area contributed by atoms with Gasteiger partial charge in [-0.05, 0) is 31.6 Å². The van der Waals surface area contributed by atoms with Crippen LogP contribution in [0.1, 0.15) is 362 Å². The van der Waals surface area contributed by atoms with E-state index in [-0.39, 0.29) is 25.7 Å². The number of rotatable bonds is 70. The lowest BCUT2D eigenvalue weighted by Crippen LogP contribution is -2.30. The van der Waals surface area contributed by atoms with Crippen molar-refractivity contribution < 1.29 is 80.2 Å². The van der Waals surface area contributed by atoms with Gasteiger partial charge in [0.25, 0.3) is 0 Å². The number of carbonyl (C=O) groups is 4. The van der Waals surface area contributed by atoms with Crippen LogP contribution in [0.5, 0.6) is 0 Å². The lowest BCUT2D eigenvalue weighted by molar-refractivity contribution is -0.161. The van der Waals surface area contributed by atoms with Crippen molar-refractivity contribution in [3.05, 3.63) is 0 Å². The molecule has 0 rings (SSSR count). The SMILES string of the molecule is CCCCCCCCCCCCCCCCCC(=O)O[C@H](COC(=O)CCCCCCCCCCCCC(C)CC)COP(=O)(O)OC[C@@H](O)COP(=O)(O)OC[C@@H](COC(=O)CCCCCCCCC)OC(=O)CCCCCCCCCCCCCCC. The molecule has 0 saturated carbocycles. The van der Waals surface area contributed by atoms with E-state index in [2.05, 4.69) is 34.6 Å². The Morgan fingerprint density at radius 2 is 0.539 bits per heavy atom. The van der Waals surface area contributed by atoms with Gasteiger partial charge in [-0.1, -0.05) is 311 Å². The zero-order valence-electron chi connectivity index (χ0n) is 57.6. The molecule has 528 valence electrons. The maximum Gasteiger partial charge on any atom is 0.472 e. The van der Waals surface area contributed by atoms with Crippen LogP contribution >= 0.6 is 15.6 Å². The predicted molar refractivity (Wildman–Crippen MR) is 358 cm³/mol. The highest BCUT2D eigenvalue weighted by atomic mass is 31.2. The van der Waals surface area contributed by atoms with Crippen molar-refractivity contribution in [3.63, 3.8) is 0 Å². The Labute approximate surface area is 543 Å². The van der Waals surface area contributed by atoms with Gasteiger partial charge in [0.2, 0.25) is 0 Å². The molecule has 17 nitrogen and oxygen atoms in total. The molecule has 0 amide bonds. The number of phosphoric ester groups is 2. The molecule has 0 aliphatic carbocycles. The molecule has 0 spiro atoms. The van der Waals surface area contributed by atoms with Crippen molar-refractivity contribution in [1.82, 2.24) is 0 Å². The van der Waals surface area contributed by atoms with Crippen molar-refractivity contribution in [1.29, 1.82) is 0 Å². The molecule has 0 heterocycles. The Kier molecular flexibility index (Phi) is 62.1. The molecule has 0 bridgehead atoms. The average Bonchev–Trinajstić information content (AvgIpc) is 3.71. The van der Waals surface area contributed by atoms with Crippen LogP contribution in [0.4, 0.5) is 0 Å². The Balaban J connectivity index is 5.21. The molecule has 0 saturated heterocycles. The number of ether oxygens (including phenoxy) is 4. The molecule has 0 fully saturated rings. The second-order valence-electron chi connectivity index (χ2n) is 25.5. The topological polar surface area (TPSA) is 237 Å². The summed E-state index contributed by atoms with van der Waals surface area (Å²) in [6.07, 6.45) is 49.9. The summed E-state index contributed by atoms with van der Waals surface area (Å²) >= 11 is 0. The van der Waals surface area contributed by atoms with E-state index < -0.39 is 97.5 Å². The number of aliphatic hydroxyl groups is 1. The van der Waals surface area contributed by atoms with Gasteiger partial charge in [-0.25, -0.2) is 9.13 Å². The van der Waals surface area contributed by atoms with Gasteiger partial charge in [0, 0.05) is 25.7 Å². The maximum absolute atomic E-state index is 13.0. The molecule has 0 aliphatic heterocycles. The Morgan fingerprint density at radius 1 is 0.315 bits per heavy atom. The highest BCUT2D eigenvalue weighted by Crippen LogP contribution is 2.45. The summed E-state index contributed by atoms with van der Waals surface area (Å²) in [5, 5.41) is 10.6. The van der Waals surface area contributed by atoms with E-state index in [1.54, 1.807) is 0 Å². The number of hydrogen-bond acceptors (Lipinski definition) is 15. The van der Waals surface area contributed by atoms with Crippen LogP contribution < -0.4 is 0 Å². The zero-order chi connectivity index (χ0) is 65.6. The molecule has 0 aromatic rings. The first-order valence-corrected chi connectivity index (χ1v) is 39.7. The fraction of sp³-hybridized carbons (Fsp3) is 0.943. The van der Waals surface area contributed by atoms with Gasteiger partial charge in [0.05, 0.1) is 26.4 Å². The summed E-state index contributed by atoms with van der Waals surface area (Å²) in [6.45, 7) is 7.24. The van der Waals surface area contributed by atoms with Crippen LogP contribution in [0.15, 0.2) is 0 Å². The third-order valence-electron chi connectivity index (χ3n) is 16.6. The van der Waals surface area contributed by atoms with Crippen LogP contribution in [-0.2, 0) is 65.4 Å². The normalized spacial score (nSPS) is 14.4. The number of aliphatic hydroxyl groups excluding tert-OH is 1. The smallest absolute Gasteiger partial charge is 0.462 e. The molecule has 0 aromatic heterocycles. The number of unbranched alkanes of at least 4 members (excludes halogenated alkanes) is 41. The summed E-state index contributed by atoms with van der Waals surface area (Å²) < 4.78 is 68.2. The number of phosphoric acid groups is 2. The fourth-order valence-corrected chi connectivity index (χ4v) is 12.2. The van der Waals surface area contributed by atoms with E-state index in [1.165, 1.54) is 173 Å². The van der Waals surface area contributed by atoms with E-state index in [4.69, 9.17) is 37.0 Å². The molecule has 0 aromatic carbocycles. The summed E-state index contributed by atoms with van der Waals surface area (Å²) in [7, 11) is -9.89. The zero-order valence-corrected chi connectivity index (χ0v) is 59.4. The third-order valence-corrected chi connectivity index (χ3v) is 18.5. The highest BCUT2D eigenvalue weighted by Gasteiger charge is 2.30. The number of esters is 4. The standard InChI is InChI=1S/C70H136O17P2/c1-6-10-13-16-19-21-23-25-26-28-30-36-41-46-51-56-70(75)87-66(60-81-68(73)54-49-44-39-34-32-31-33-38-42-47-52-63(5)9-4)62-85-89(78,79)83-58-64(71)57-82-88(76,77)84-61-65(59-80-67(72)53-48-43-37-18-15-12-8-3)86-69(74)55-50-45-40-35-29-27-24-22-20-17-14-11-7-2/h63-66,71H,6-62H2,1-5H3,(H,76,77)(H,78,79)/t63?,64-,65+,66+/m0/s1. The first-order chi connectivity index (χ1) is 43.1. The summed E-state index contributed by atoms with van der Waals surface area (Å²) in [5.41, 5.74) is 0. The molecular weight excluding hydrogens is 1170 g/mol. The van der Waals surface area contributed by atoms with Crippen molar-refractivity contribution >= 4 is 39.5 Å². The Hall–Kier alpha value is -1.94. The molecular formula is C70H136O17P2. The molecule has 89 heavy (non-hydrogen) atoms. The largest absolute Gasteiger partial charge is 0.472 e. The van der Waals surface area contributed by atoms with Crippen molar-refractivity contribution in [3.8, 4) is 0 Å². The third kappa shape index (κ3) is 63.2. The first-order valence-electron chi connectivity index (χ1n) is 36.7. The molecule has 3 N–H and O–H groups in total. The van der Waals surface area contributed by atoms with E-state index in [0.29, 0.717) is 25.7 Å². The summed E-state index contributed by atoms with van der Waals surface area (Å²) in [4.78, 5) is 72.4. The average molecular weight is 1310 g/mol. The van der Waals surface area contributed by atoms with E-state index >= 15 is 0 Å². The van der Waals surface area contributed by atoms with Gasteiger partial charge in [-0.2, -0.15) is 0 Å². The van der Waals surface area contributed by atoms with Gasteiger partial charge in [-0.3, -0.25) is 37.3 Å². The quantitative estimate of drug-likeness (QED) is 0.0222. The van der Waals surface area contributed by atoms with Crippen LogP contribution in [0.3, 0.4) is 0 Å². The van der Waals surface area contributed by atoms with Gasteiger partial charge < -0.3 is 33.8 Å². The number of hydrogen-bond donors (Lipinski definition) is 3. The van der Waals surface area contributed by atoms with Gasteiger partial charge in [0.1, 0.15) is 19.3 Å². The predicted octanol–water partition coefficient (Wildman–Crippen LogP) is 20.1. The minimum absolute atomic E-state index is 0.107. The highest BCUT2D eigenvalue weighted by molar-refractivity contribution is 7.47. The molecule has 19 heteroatoms. The fourth-order valence-electron chi connectivity index (χ4n) is 10.6. The summed E-state index contributed by atoms with van der Waals surface area (Å²) in [6, 6.07) is 0. The first kappa shape index (κ1) is 87.1. The van der Waals surface area contributed by atoms with Gasteiger partial charge >= 0.3 is 39.5 Å². The number of carbonyl (C=O) groups excluding carboxylic acids is 4. The maximum atomic E-state index is 13.0. The minimum atomic E-state index is -4.95. The molecule has 0 radical (unpaired) electrons. The monoisotopic (exact) mass is 1310 g/mol. The second-order valence-corrected chi connectivity index (χ2v) is 28.4. The van der Waals surface area contributed by atoms with Gasteiger partial charge in [-0.15, -0.1) is 0 Å².